The Morgan fingerprint density at radius 3 is 2.49 bits per heavy atom. The highest BCUT2D eigenvalue weighted by atomic mass is 16.2. The first-order valence-corrected chi connectivity index (χ1v) is 12.9. The van der Waals surface area contributed by atoms with Crippen molar-refractivity contribution in [3.63, 3.8) is 0 Å². The molecule has 3 amide bonds. The summed E-state index contributed by atoms with van der Waals surface area (Å²) in [5.41, 5.74) is 3.97. The van der Waals surface area contributed by atoms with Gasteiger partial charge in [0.1, 0.15) is 5.69 Å². The van der Waals surface area contributed by atoms with E-state index in [1.54, 1.807) is 27.6 Å². The van der Waals surface area contributed by atoms with Crippen molar-refractivity contribution in [2.45, 2.75) is 46.3 Å². The van der Waals surface area contributed by atoms with Crippen LogP contribution in [0.1, 0.15) is 57.4 Å². The zero-order valence-corrected chi connectivity index (χ0v) is 21.9. The number of carbonyl (C=O) groups excluding carboxylic acids is 3. The van der Waals surface area contributed by atoms with Crippen LogP contribution >= 0.6 is 0 Å². The van der Waals surface area contributed by atoms with Crippen LogP contribution in [0.5, 0.6) is 0 Å². The number of nitrogens with zero attached hydrogens (tertiary/aromatic N) is 5. The van der Waals surface area contributed by atoms with Gasteiger partial charge in [-0.15, -0.1) is 0 Å². The van der Waals surface area contributed by atoms with E-state index in [0.717, 1.165) is 23.1 Å². The van der Waals surface area contributed by atoms with E-state index in [2.05, 4.69) is 11.2 Å². The lowest BCUT2D eigenvalue weighted by molar-refractivity contribution is -0.130. The normalized spacial score (nSPS) is 13.2. The van der Waals surface area contributed by atoms with Crippen LogP contribution in [0.2, 0.25) is 0 Å². The van der Waals surface area contributed by atoms with Crippen molar-refractivity contribution in [1.29, 1.82) is 0 Å². The van der Waals surface area contributed by atoms with E-state index >= 15 is 0 Å². The Hall–Kier alpha value is -3.94. The topological polar surface area (TPSA) is 78.8 Å². The fourth-order valence-electron chi connectivity index (χ4n) is 4.65. The van der Waals surface area contributed by atoms with Gasteiger partial charge in [0, 0.05) is 58.8 Å². The summed E-state index contributed by atoms with van der Waals surface area (Å²) in [5.74, 6) is -0.413. The fourth-order valence-corrected chi connectivity index (χ4v) is 4.65. The maximum atomic E-state index is 13.3. The van der Waals surface area contributed by atoms with E-state index < -0.39 is 0 Å². The third kappa shape index (κ3) is 6.44. The summed E-state index contributed by atoms with van der Waals surface area (Å²) >= 11 is 0. The van der Waals surface area contributed by atoms with Crippen molar-refractivity contribution in [2.75, 3.05) is 26.7 Å². The zero-order chi connectivity index (χ0) is 26.4. The lowest BCUT2D eigenvalue weighted by atomic mass is 10.1. The molecule has 3 aromatic rings. The smallest absolute Gasteiger partial charge is 0.274 e. The maximum absolute atomic E-state index is 13.3. The van der Waals surface area contributed by atoms with E-state index in [4.69, 9.17) is 0 Å². The second-order valence-electron chi connectivity index (χ2n) is 9.58. The van der Waals surface area contributed by atoms with Gasteiger partial charge >= 0.3 is 0 Å². The van der Waals surface area contributed by atoms with Crippen LogP contribution in [-0.2, 0) is 24.4 Å². The van der Waals surface area contributed by atoms with Crippen LogP contribution in [0.4, 0.5) is 0 Å². The van der Waals surface area contributed by atoms with E-state index in [-0.39, 0.29) is 29.8 Å². The molecule has 0 saturated heterocycles. The number of rotatable bonds is 9. The summed E-state index contributed by atoms with van der Waals surface area (Å²) in [5, 5.41) is 4.49. The summed E-state index contributed by atoms with van der Waals surface area (Å²) in [6, 6.07) is 19.6. The van der Waals surface area contributed by atoms with Gasteiger partial charge in [0.15, 0.2) is 5.69 Å². The average molecular weight is 502 g/mol. The minimum atomic E-state index is -0.264. The van der Waals surface area contributed by atoms with Crippen molar-refractivity contribution in [2.24, 2.45) is 0 Å². The Labute approximate surface area is 218 Å². The number of fused-ring (bicyclic) bond motifs is 1. The number of amides is 3. The summed E-state index contributed by atoms with van der Waals surface area (Å²) in [7, 11) is 1.77. The van der Waals surface area contributed by atoms with E-state index in [0.29, 0.717) is 45.0 Å². The van der Waals surface area contributed by atoms with Gasteiger partial charge in [-0.1, -0.05) is 60.2 Å². The number of benzene rings is 2. The summed E-state index contributed by atoms with van der Waals surface area (Å²) < 4.78 is 1.65. The molecule has 0 N–H and O–H groups in total. The van der Waals surface area contributed by atoms with Crippen LogP contribution in [-0.4, -0.2) is 68.9 Å². The number of carbonyl (C=O) groups is 3. The Balaban J connectivity index is 1.40. The fraction of sp³-hybridized carbons (Fsp3) is 0.379. The molecule has 37 heavy (non-hydrogen) atoms. The third-order valence-corrected chi connectivity index (χ3v) is 6.71. The molecule has 0 fully saturated rings. The van der Waals surface area contributed by atoms with Gasteiger partial charge in [0.2, 0.25) is 5.91 Å². The first kappa shape index (κ1) is 26.1. The summed E-state index contributed by atoms with van der Waals surface area (Å²) in [4.78, 5) is 44.4. The van der Waals surface area contributed by atoms with Crippen LogP contribution in [0, 0.1) is 6.92 Å². The van der Waals surface area contributed by atoms with Crippen LogP contribution in [0.3, 0.4) is 0 Å². The second kappa shape index (κ2) is 11.9. The molecule has 4 rings (SSSR count). The lowest BCUT2D eigenvalue weighted by Gasteiger charge is -2.22. The van der Waals surface area contributed by atoms with Crippen LogP contribution in [0.25, 0.3) is 0 Å². The number of hydrogen-bond donors (Lipinski definition) is 0. The van der Waals surface area contributed by atoms with Gasteiger partial charge in [-0.2, -0.15) is 5.10 Å². The number of aryl methyl sites for hydroxylation is 2. The summed E-state index contributed by atoms with van der Waals surface area (Å²) in [6.45, 7) is 6.92. The zero-order valence-electron chi connectivity index (χ0n) is 21.9. The SMILES string of the molecule is CCN(CCC(=O)N(C)Cc1ccccc1)C(=O)c1cc2n(n1)CCCN(Cc1cccc(C)c1)C2=O. The highest BCUT2D eigenvalue weighted by Crippen LogP contribution is 2.18. The first-order valence-electron chi connectivity index (χ1n) is 12.9. The molecule has 2 aromatic carbocycles. The Kier molecular flexibility index (Phi) is 8.38. The van der Waals surface area contributed by atoms with Gasteiger partial charge in [-0.25, -0.2) is 0 Å². The molecule has 8 heteroatoms. The van der Waals surface area contributed by atoms with Gasteiger partial charge in [-0.05, 0) is 31.4 Å². The van der Waals surface area contributed by atoms with Crippen molar-refractivity contribution < 1.29 is 14.4 Å². The molecule has 1 aliphatic rings. The second-order valence-corrected chi connectivity index (χ2v) is 9.58. The molecular weight excluding hydrogens is 466 g/mol. The van der Waals surface area contributed by atoms with Gasteiger partial charge in [0.05, 0.1) is 0 Å². The molecule has 1 aromatic heterocycles. The van der Waals surface area contributed by atoms with E-state index in [1.807, 2.05) is 67.3 Å². The summed E-state index contributed by atoms with van der Waals surface area (Å²) in [6.07, 6.45) is 0.985. The van der Waals surface area contributed by atoms with Gasteiger partial charge in [0.25, 0.3) is 11.8 Å². The largest absolute Gasteiger partial charge is 0.341 e. The predicted octanol–water partition coefficient (Wildman–Crippen LogP) is 3.75. The third-order valence-electron chi connectivity index (χ3n) is 6.71. The van der Waals surface area contributed by atoms with Gasteiger partial charge < -0.3 is 14.7 Å². The van der Waals surface area contributed by atoms with E-state index in [9.17, 15) is 14.4 Å². The molecule has 2 heterocycles. The molecular formula is C29H35N5O3. The molecule has 0 bridgehead atoms. The quantitative estimate of drug-likeness (QED) is 0.447. The molecule has 0 saturated carbocycles. The standard InChI is InChI=1S/C29H35N5O3/c1-4-32(17-14-27(35)31(3)20-23-11-6-5-7-12-23)28(36)25-19-26-29(37)33(15-9-16-34(26)30-25)21-24-13-8-10-22(2)18-24/h5-8,10-13,18-19H,4,9,14-17,20-21H2,1-3H3. The van der Waals surface area contributed by atoms with Crippen LogP contribution < -0.4 is 0 Å². The molecule has 1 aliphatic heterocycles. The minimum absolute atomic E-state index is 0.0299. The monoisotopic (exact) mass is 501 g/mol. The number of hydrogen-bond acceptors (Lipinski definition) is 4. The predicted molar refractivity (Wildman–Crippen MR) is 142 cm³/mol. The van der Waals surface area contributed by atoms with Crippen molar-refractivity contribution in [1.82, 2.24) is 24.5 Å². The van der Waals surface area contributed by atoms with Crippen molar-refractivity contribution in [3.8, 4) is 0 Å². The molecule has 0 aliphatic carbocycles. The molecule has 0 radical (unpaired) electrons. The lowest BCUT2D eigenvalue weighted by Crippen LogP contribution is -2.36. The Morgan fingerprint density at radius 2 is 1.76 bits per heavy atom. The van der Waals surface area contributed by atoms with Crippen molar-refractivity contribution in [3.05, 3.63) is 88.7 Å². The molecule has 194 valence electrons. The number of aromatic nitrogens is 2. The van der Waals surface area contributed by atoms with Crippen molar-refractivity contribution >= 4 is 17.7 Å². The molecule has 0 atom stereocenters. The highest BCUT2D eigenvalue weighted by molar-refractivity contribution is 5.98. The highest BCUT2D eigenvalue weighted by Gasteiger charge is 2.28. The molecule has 0 spiro atoms. The van der Waals surface area contributed by atoms with Gasteiger partial charge in [-0.3, -0.25) is 19.1 Å². The molecule has 8 nitrogen and oxygen atoms in total. The van der Waals surface area contributed by atoms with Crippen LogP contribution in [0.15, 0.2) is 60.7 Å². The maximum Gasteiger partial charge on any atom is 0.274 e. The van der Waals surface area contributed by atoms with E-state index in [1.165, 1.54) is 0 Å². The minimum Gasteiger partial charge on any atom is -0.341 e. The molecule has 0 unspecified atom stereocenters. The average Bonchev–Trinajstić information content (AvgIpc) is 3.26. The first-order chi connectivity index (χ1) is 17.9. The Bertz CT molecular complexity index is 1250. The Morgan fingerprint density at radius 1 is 1.00 bits per heavy atom.